The van der Waals surface area contributed by atoms with Crippen molar-refractivity contribution in [3.63, 3.8) is 0 Å². The predicted octanol–water partition coefficient (Wildman–Crippen LogP) is 3.07. The van der Waals surface area contributed by atoms with Crippen molar-refractivity contribution in [2.24, 2.45) is 5.92 Å². The Kier molecular flexibility index (Phi) is 2.91. The Labute approximate surface area is 90.7 Å². The molecular formula is C13H16N2. The van der Waals surface area contributed by atoms with Crippen molar-refractivity contribution in [2.75, 3.05) is 5.73 Å². The van der Waals surface area contributed by atoms with E-state index in [-0.39, 0.29) is 5.92 Å². The normalized spacial score (nSPS) is 25.8. The van der Waals surface area contributed by atoms with E-state index < -0.39 is 0 Å². The van der Waals surface area contributed by atoms with Crippen molar-refractivity contribution in [3.8, 4) is 6.07 Å². The smallest absolute Gasteiger partial charge is 0.0655 e. The second-order valence-electron chi connectivity index (χ2n) is 4.34. The van der Waals surface area contributed by atoms with Gasteiger partial charge in [-0.25, -0.2) is 0 Å². The van der Waals surface area contributed by atoms with Crippen molar-refractivity contribution in [2.45, 2.75) is 31.6 Å². The van der Waals surface area contributed by atoms with Crippen molar-refractivity contribution in [1.29, 1.82) is 5.26 Å². The Bertz CT molecular complexity index is 353. The van der Waals surface area contributed by atoms with Gasteiger partial charge in [0.05, 0.1) is 6.07 Å². The van der Waals surface area contributed by atoms with Gasteiger partial charge in [-0.05, 0) is 49.3 Å². The lowest BCUT2D eigenvalue weighted by Crippen LogP contribution is -2.11. The lowest BCUT2D eigenvalue weighted by atomic mass is 9.79. The van der Waals surface area contributed by atoms with Crippen LogP contribution in [-0.4, -0.2) is 0 Å². The molecule has 0 atom stereocenters. The van der Waals surface area contributed by atoms with Crippen LogP contribution in [-0.2, 0) is 0 Å². The first-order valence-electron chi connectivity index (χ1n) is 5.54. The molecule has 2 nitrogen and oxygen atoms in total. The molecule has 0 spiro atoms. The van der Waals surface area contributed by atoms with Gasteiger partial charge in [0.25, 0.3) is 0 Å². The number of nitriles is 1. The summed E-state index contributed by atoms with van der Waals surface area (Å²) >= 11 is 0. The highest BCUT2D eigenvalue weighted by atomic mass is 14.5. The van der Waals surface area contributed by atoms with Gasteiger partial charge in [-0.15, -0.1) is 0 Å². The fraction of sp³-hybridized carbons (Fsp3) is 0.462. The summed E-state index contributed by atoms with van der Waals surface area (Å²) in [7, 11) is 0. The summed E-state index contributed by atoms with van der Waals surface area (Å²) in [4.78, 5) is 0. The quantitative estimate of drug-likeness (QED) is 0.708. The summed E-state index contributed by atoms with van der Waals surface area (Å²) in [5.41, 5.74) is 7.86. The van der Waals surface area contributed by atoms with E-state index in [1.54, 1.807) is 0 Å². The molecule has 2 N–H and O–H groups in total. The molecule has 15 heavy (non-hydrogen) atoms. The molecule has 0 aliphatic heterocycles. The van der Waals surface area contributed by atoms with Crippen LogP contribution in [0.15, 0.2) is 24.3 Å². The van der Waals surface area contributed by atoms with Gasteiger partial charge in [-0.1, -0.05) is 12.1 Å². The molecule has 0 bridgehead atoms. The number of rotatable bonds is 1. The van der Waals surface area contributed by atoms with Gasteiger partial charge in [0.1, 0.15) is 0 Å². The minimum absolute atomic E-state index is 0.287. The molecule has 2 rings (SSSR count). The molecule has 1 aromatic rings. The number of benzene rings is 1. The first-order valence-corrected chi connectivity index (χ1v) is 5.54. The molecular weight excluding hydrogens is 184 g/mol. The summed E-state index contributed by atoms with van der Waals surface area (Å²) in [6, 6.07) is 10.5. The van der Waals surface area contributed by atoms with E-state index in [1.165, 1.54) is 5.56 Å². The van der Waals surface area contributed by atoms with Crippen LogP contribution in [0, 0.1) is 17.2 Å². The average molecular weight is 200 g/mol. The second-order valence-corrected chi connectivity index (χ2v) is 4.34. The average Bonchev–Trinajstić information content (AvgIpc) is 2.30. The highest BCUT2D eigenvalue weighted by molar-refractivity contribution is 5.40. The highest BCUT2D eigenvalue weighted by Gasteiger charge is 2.21. The maximum atomic E-state index is 8.82. The van der Waals surface area contributed by atoms with Gasteiger partial charge in [0.15, 0.2) is 0 Å². The molecule has 0 aromatic heterocycles. The minimum Gasteiger partial charge on any atom is -0.399 e. The third kappa shape index (κ3) is 2.30. The van der Waals surface area contributed by atoms with E-state index >= 15 is 0 Å². The van der Waals surface area contributed by atoms with Gasteiger partial charge >= 0.3 is 0 Å². The van der Waals surface area contributed by atoms with Crippen LogP contribution in [0.25, 0.3) is 0 Å². The molecule has 1 aromatic carbocycles. The number of nitrogen functional groups attached to an aromatic ring is 1. The number of nitrogens with zero attached hydrogens (tertiary/aromatic N) is 1. The molecule has 1 aliphatic carbocycles. The van der Waals surface area contributed by atoms with Crippen LogP contribution in [0.1, 0.15) is 37.2 Å². The lowest BCUT2D eigenvalue weighted by molar-refractivity contribution is 0.382. The largest absolute Gasteiger partial charge is 0.399 e. The van der Waals surface area contributed by atoms with Crippen molar-refractivity contribution in [1.82, 2.24) is 0 Å². The number of hydrogen-bond acceptors (Lipinski definition) is 2. The molecule has 0 unspecified atom stereocenters. The molecule has 0 heterocycles. The van der Waals surface area contributed by atoms with E-state index in [9.17, 15) is 0 Å². The lowest BCUT2D eigenvalue weighted by Gasteiger charge is -2.25. The monoisotopic (exact) mass is 200 g/mol. The summed E-state index contributed by atoms with van der Waals surface area (Å²) in [5, 5.41) is 8.82. The summed E-state index contributed by atoms with van der Waals surface area (Å²) in [6.07, 6.45) is 4.38. The predicted molar refractivity (Wildman–Crippen MR) is 61.2 cm³/mol. The van der Waals surface area contributed by atoms with E-state index in [0.29, 0.717) is 5.92 Å². The van der Waals surface area contributed by atoms with E-state index in [4.69, 9.17) is 11.0 Å². The molecule has 0 saturated heterocycles. The molecule has 0 amide bonds. The summed E-state index contributed by atoms with van der Waals surface area (Å²) in [6.45, 7) is 0. The van der Waals surface area contributed by atoms with Crippen molar-refractivity contribution in [3.05, 3.63) is 29.8 Å². The minimum atomic E-state index is 0.287. The van der Waals surface area contributed by atoms with Gasteiger partial charge in [-0.3, -0.25) is 0 Å². The molecule has 1 fully saturated rings. The van der Waals surface area contributed by atoms with Crippen LogP contribution in [0.3, 0.4) is 0 Å². The SMILES string of the molecule is N#C[C@H]1CC[C@H](c2ccc(N)cc2)CC1. The van der Waals surface area contributed by atoms with Crippen LogP contribution >= 0.6 is 0 Å². The number of anilines is 1. The Morgan fingerprint density at radius 2 is 1.67 bits per heavy atom. The van der Waals surface area contributed by atoms with E-state index in [2.05, 4.69) is 18.2 Å². The zero-order chi connectivity index (χ0) is 10.7. The second kappa shape index (κ2) is 4.35. The zero-order valence-corrected chi connectivity index (χ0v) is 8.82. The van der Waals surface area contributed by atoms with Gasteiger partial charge < -0.3 is 5.73 Å². The van der Waals surface area contributed by atoms with Crippen molar-refractivity contribution >= 4 is 5.69 Å². The standard InChI is InChI=1S/C13H16N2/c14-9-10-1-3-11(4-2-10)12-5-7-13(15)8-6-12/h5-8,10-11H,1-4,15H2/t10-,11-. The topological polar surface area (TPSA) is 49.8 Å². The van der Waals surface area contributed by atoms with Crippen LogP contribution < -0.4 is 5.73 Å². The Morgan fingerprint density at radius 1 is 1.07 bits per heavy atom. The third-order valence-electron chi connectivity index (χ3n) is 3.32. The Balaban J connectivity index is 2.02. The first kappa shape index (κ1) is 10.0. The maximum absolute atomic E-state index is 8.82. The van der Waals surface area contributed by atoms with Gasteiger partial charge in [0.2, 0.25) is 0 Å². The number of hydrogen-bond donors (Lipinski definition) is 1. The molecule has 1 saturated carbocycles. The van der Waals surface area contributed by atoms with E-state index in [1.807, 2.05) is 12.1 Å². The van der Waals surface area contributed by atoms with Gasteiger partial charge in [0, 0.05) is 11.6 Å². The fourth-order valence-corrected chi connectivity index (χ4v) is 2.32. The van der Waals surface area contributed by atoms with Crippen LogP contribution in [0.5, 0.6) is 0 Å². The van der Waals surface area contributed by atoms with E-state index in [0.717, 1.165) is 31.4 Å². The summed E-state index contributed by atoms with van der Waals surface area (Å²) in [5.74, 6) is 0.922. The Hall–Kier alpha value is -1.49. The summed E-state index contributed by atoms with van der Waals surface area (Å²) < 4.78 is 0. The molecule has 0 radical (unpaired) electrons. The zero-order valence-electron chi connectivity index (χ0n) is 8.82. The fourth-order valence-electron chi connectivity index (χ4n) is 2.32. The molecule has 2 heteroatoms. The molecule has 78 valence electrons. The van der Waals surface area contributed by atoms with Crippen LogP contribution in [0.4, 0.5) is 5.69 Å². The third-order valence-corrected chi connectivity index (χ3v) is 3.32. The highest BCUT2D eigenvalue weighted by Crippen LogP contribution is 2.35. The number of nitrogens with two attached hydrogens (primary N) is 1. The van der Waals surface area contributed by atoms with Crippen molar-refractivity contribution < 1.29 is 0 Å². The van der Waals surface area contributed by atoms with Crippen LogP contribution in [0.2, 0.25) is 0 Å². The Morgan fingerprint density at radius 3 is 2.20 bits per heavy atom. The van der Waals surface area contributed by atoms with Gasteiger partial charge in [-0.2, -0.15) is 5.26 Å². The molecule has 1 aliphatic rings. The maximum Gasteiger partial charge on any atom is 0.0655 e. The first-order chi connectivity index (χ1) is 7.29.